The maximum atomic E-state index is 12.4. The number of carbonyl (C=O) groups excluding carboxylic acids is 2. The third-order valence-corrected chi connectivity index (χ3v) is 5.71. The molecule has 1 aliphatic heterocycles. The molecule has 5 nitrogen and oxygen atoms in total. The van der Waals surface area contributed by atoms with Gasteiger partial charge in [-0.05, 0) is 57.0 Å². The molecular formula is C20H17BrClNO4S. The molecule has 3 rings (SSSR count). The van der Waals surface area contributed by atoms with E-state index in [2.05, 4.69) is 15.9 Å². The molecular weight excluding hydrogens is 466 g/mol. The average Bonchev–Trinajstić information content (AvgIpc) is 2.93. The van der Waals surface area contributed by atoms with Crippen molar-refractivity contribution in [3.05, 3.63) is 68.0 Å². The van der Waals surface area contributed by atoms with Crippen LogP contribution in [0.4, 0.5) is 4.79 Å². The van der Waals surface area contributed by atoms with Gasteiger partial charge in [0.1, 0.15) is 6.61 Å². The van der Waals surface area contributed by atoms with E-state index in [-0.39, 0.29) is 17.7 Å². The predicted octanol–water partition coefficient (Wildman–Crippen LogP) is 5.36. The van der Waals surface area contributed by atoms with Gasteiger partial charge in [-0.15, -0.1) is 0 Å². The van der Waals surface area contributed by atoms with Crippen molar-refractivity contribution in [2.75, 3.05) is 20.3 Å². The van der Waals surface area contributed by atoms with Crippen molar-refractivity contribution in [1.29, 1.82) is 0 Å². The normalized spacial score (nSPS) is 15.5. The first-order chi connectivity index (χ1) is 13.5. The molecule has 0 spiro atoms. The highest BCUT2D eigenvalue weighted by Crippen LogP contribution is 2.37. The van der Waals surface area contributed by atoms with Gasteiger partial charge < -0.3 is 9.47 Å². The number of imide groups is 1. The zero-order chi connectivity index (χ0) is 20.1. The first kappa shape index (κ1) is 20.9. The van der Waals surface area contributed by atoms with E-state index in [1.54, 1.807) is 18.2 Å². The molecule has 0 aromatic heterocycles. The molecule has 0 unspecified atom stereocenters. The lowest BCUT2D eigenvalue weighted by molar-refractivity contribution is -0.123. The number of amides is 2. The SMILES string of the molecule is COCCN1C(=O)S/C(=C/c2cc(Cl)c(OCc3ccccc3)c(Br)c2)C1=O. The van der Waals surface area contributed by atoms with Crippen molar-refractivity contribution < 1.29 is 19.1 Å². The number of methoxy groups -OCH3 is 1. The summed E-state index contributed by atoms with van der Waals surface area (Å²) in [5.41, 5.74) is 1.72. The van der Waals surface area contributed by atoms with Crippen molar-refractivity contribution in [1.82, 2.24) is 4.90 Å². The molecule has 0 saturated carbocycles. The molecule has 8 heteroatoms. The van der Waals surface area contributed by atoms with Crippen LogP contribution in [-0.4, -0.2) is 36.3 Å². The average molecular weight is 483 g/mol. The number of rotatable bonds is 7. The van der Waals surface area contributed by atoms with Crippen LogP contribution in [0.25, 0.3) is 6.08 Å². The fourth-order valence-corrected chi connectivity index (χ4v) is 4.41. The zero-order valence-electron chi connectivity index (χ0n) is 15.0. The quantitative estimate of drug-likeness (QED) is 0.497. The Kier molecular flexibility index (Phi) is 7.18. The molecule has 28 heavy (non-hydrogen) atoms. The lowest BCUT2D eigenvalue weighted by atomic mass is 10.2. The minimum absolute atomic E-state index is 0.231. The molecule has 2 amide bonds. The Morgan fingerprint density at radius 1 is 1.21 bits per heavy atom. The first-order valence-corrected chi connectivity index (χ1v) is 10.4. The summed E-state index contributed by atoms with van der Waals surface area (Å²) in [6.07, 6.45) is 1.65. The van der Waals surface area contributed by atoms with Crippen molar-refractivity contribution >= 4 is 56.5 Å². The maximum Gasteiger partial charge on any atom is 0.293 e. The van der Waals surface area contributed by atoms with Crippen molar-refractivity contribution in [2.45, 2.75) is 6.61 Å². The minimum atomic E-state index is -0.330. The number of benzene rings is 2. The summed E-state index contributed by atoms with van der Waals surface area (Å²) in [6.45, 7) is 0.919. The lowest BCUT2D eigenvalue weighted by Crippen LogP contribution is -2.31. The number of hydrogen-bond acceptors (Lipinski definition) is 5. The Balaban J connectivity index is 1.76. The highest BCUT2D eigenvalue weighted by Gasteiger charge is 2.34. The van der Waals surface area contributed by atoms with Gasteiger partial charge in [0, 0.05) is 7.11 Å². The lowest BCUT2D eigenvalue weighted by Gasteiger charge is -2.12. The summed E-state index contributed by atoms with van der Waals surface area (Å²) in [4.78, 5) is 26.0. The standard InChI is InChI=1S/C20H17BrClNO4S/c1-26-8-7-23-19(24)17(28-20(23)25)11-14-9-15(21)18(16(22)10-14)27-12-13-5-3-2-4-6-13/h2-6,9-11H,7-8,12H2,1H3/b17-11+. The van der Waals surface area contributed by atoms with Gasteiger partial charge in [-0.2, -0.15) is 0 Å². The van der Waals surface area contributed by atoms with Gasteiger partial charge in [-0.3, -0.25) is 14.5 Å². The first-order valence-electron chi connectivity index (χ1n) is 8.39. The van der Waals surface area contributed by atoms with E-state index < -0.39 is 0 Å². The highest BCUT2D eigenvalue weighted by molar-refractivity contribution is 9.10. The van der Waals surface area contributed by atoms with E-state index in [1.165, 1.54) is 12.0 Å². The van der Waals surface area contributed by atoms with Crippen LogP contribution in [0.2, 0.25) is 5.02 Å². The third kappa shape index (κ3) is 4.97. The minimum Gasteiger partial charge on any atom is -0.486 e. The van der Waals surface area contributed by atoms with Crippen LogP contribution in [0.3, 0.4) is 0 Å². The van der Waals surface area contributed by atoms with Crippen LogP contribution >= 0.6 is 39.3 Å². The van der Waals surface area contributed by atoms with Crippen molar-refractivity contribution in [3.63, 3.8) is 0 Å². The third-order valence-electron chi connectivity index (χ3n) is 3.94. The molecule has 0 atom stereocenters. The van der Waals surface area contributed by atoms with E-state index in [9.17, 15) is 9.59 Å². The second-order valence-electron chi connectivity index (χ2n) is 5.91. The summed E-state index contributed by atoms with van der Waals surface area (Å²) in [6, 6.07) is 13.3. The Morgan fingerprint density at radius 2 is 1.96 bits per heavy atom. The molecule has 1 heterocycles. The number of nitrogens with zero attached hydrogens (tertiary/aromatic N) is 1. The highest BCUT2D eigenvalue weighted by atomic mass is 79.9. The monoisotopic (exact) mass is 481 g/mol. The summed E-state index contributed by atoms with van der Waals surface area (Å²) in [7, 11) is 1.52. The second kappa shape index (κ2) is 9.60. The molecule has 1 saturated heterocycles. The van der Waals surface area contributed by atoms with Crippen LogP contribution in [0, 0.1) is 0 Å². The summed E-state index contributed by atoms with van der Waals surface area (Å²) >= 11 is 10.8. The Bertz CT molecular complexity index is 897. The zero-order valence-corrected chi connectivity index (χ0v) is 18.1. The van der Waals surface area contributed by atoms with Crippen molar-refractivity contribution in [2.24, 2.45) is 0 Å². The van der Waals surface area contributed by atoms with E-state index in [0.29, 0.717) is 38.9 Å². The van der Waals surface area contributed by atoms with Gasteiger partial charge in [0.05, 0.1) is 27.6 Å². The molecule has 1 aliphatic rings. The van der Waals surface area contributed by atoms with Gasteiger partial charge >= 0.3 is 0 Å². The van der Waals surface area contributed by atoms with Gasteiger partial charge in [-0.25, -0.2) is 0 Å². The number of hydrogen-bond donors (Lipinski definition) is 0. The summed E-state index contributed by atoms with van der Waals surface area (Å²) < 4.78 is 11.4. The predicted molar refractivity (Wildman–Crippen MR) is 114 cm³/mol. The maximum absolute atomic E-state index is 12.4. The number of carbonyl (C=O) groups is 2. The topological polar surface area (TPSA) is 55.8 Å². The Morgan fingerprint density at radius 3 is 2.64 bits per heavy atom. The molecule has 1 fully saturated rings. The van der Waals surface area contributed by atoms with Crippen LogP contribution < -0.4 is 4.74 Å². The van der Waals surface area contributed by atoms with Gasteiger partial charge in [-0.1, -0.05) is 41.9 Å². The summed E-state index contributed by atoms with van der Waals surface area (Å²) in [5.74, 6) is 0.194. The van der Waals surface area contributed by atoms with Crippen LogP contribution in [0.15, 0.2) is 51.8 Å². The van der Waals surface area contributed by atoms with Crippen LogP contribution in [-0.2, 0) is 16.1 Å². The summed E-state index contributed by atoms with van der Waals surface area (Å²) in [5, 5.41) is 0.108. The van der Waals surface area contributed by atoms with E-state index >= 15 is 0 Å². The van der Waals surface area contributed by atoms with Crippen LogP contribution in [0.5, 0.6) is 5.75 Å². The number of ether oxygens (including phenoxy) is 2. The number of thioether (sulfide) groups is 1. The fourth-order valence-electron chi connectivity index (χ4n) is 2.56. The van der Waals surface area contributed by atoms with Gasteiger partial charge in [0.2, 0.25) is 0 Å². The molecule has 146 valence electrons. The van der Waals surface area contributed by atoms with Gasteiger partial charge in [0.15, 0.2) is 5.75 Å². The Hall–Kier alpha value is -1.80. The fraction of sp³-hybridized carbons (Fsp3) is 0.200. The molecule has 2 aromatic rings. The molecule has 0 aliphatic carbocycles. The molecule has 0 bridgehead atoms. The molecule has 2 aromatic carbocycles. The largest absolute Gasteiger partial charge is 0.486 e. The van der Waals surface area contributed by atoms with Gasteiger partial charge in [0.25, 0.3) is 11.1 Å². The Labute approximate surface area is 180 Å². The van der Waals surface area contributed by atoms with E-state index in [1.807, 2.05) is 30.3 Å². The molecule has 0 N–H and O–H groups in total. The van der Waals surface area contributed by atoms with Crippen molar-refractivity contribution in [3.8, 4) is 5.75 Å². The smallest absolute Gasteiger partial charge is 0.293 e. The van der Waals surface area contributed by atoms with E-state index in [4.69, 9.17) is 21.1 Å². The van der Waals surface area contributed by atoms with E-state index in [0.717, 1.165) is 17.3 Å². The van der Waals surface area contributed by atoms with Crippen LogP contribution in [0.1, 0.15) is 11.1 Å². The second-order valence-corrected chi connectivity index (χ2v) is 8.17. The number of halogens is 2. The molecule has 0 radical (unpaired) electrons.